The second kappa shape index (κ2) is 5.51. The van der Waals surface area contributed by atoms with E-state index < -0.39 is 6.04 Å². The molecule has 0 aliphatic carbocycles. The highest BCUT2D eigenvalue weighted by Crippen LogP contribution is 2.21. The third-order valence-corrected chi connectivity index (χ3v) is 3.80. The molecule has 2 aromatic rings. The molecule has 1 aliphatic heterocycles. The van der Waals surface area contributed by atoms with Gasteiger partial charge in [0.15, 0.2) is 0 Å². The number of fused-ring (bicyclic) bond motifs is 1. The Labute approximate surface area is 121 Å². The Morgan fingerprint density at radius 1 is 1.29 bits per heavy atom. The van der Waals surface area contributed by atoms with Crippen LogP contribution in [0.2, 0.25) is 0 Å². The Bertz CT molecular complexity index is 682. The second-order valence-corrected chi connectivity index (χ2v) is 5.06. The number of aromatic amines is 1. The molecule has 3 rings (SSSR count). The van der Waals surface area contributed by atoms with Crippen molar-refractivity contribution < 1.29 is 14.3 Å². The Morgan fingerprint density at radius 2 is 2.10 bits per heavy atom. The van der Waals surface area contributed by atoms with E-state index in [1.54, 1.807) is 23.1 Å². The number of hydrogen-bond acceptors (Lipinski definition) is 5. The number of benzene rings is 1. The molecule has 1 saturated heterocycles. The normalized spacial score (nSPS) is 18.7. The van der Waals surface area contributed by atoms with Crippen LogP contribution in [0.25, 0.3) is 11.0 Å². The lowest BCUT2D eigenvalue weighted by molar-refractivity contribution is -0.147. The number of piperidine rings is 1. The maximum atomic E-state index is 12.7. The van der Waals surface area contributed by atoms with Crippen molar-refractivity contribution in [3.8, 4) is 0 Å². The molecular weight excluding hydrogens is 272 g/mol. The van der Waals surface area contributed by atoms with Crippen molar-refractivity contribution >= 4 is 22.9 Å². The highest BCUT2D eigenvalue weighted by molar-refractivity contribution is 5.99. The molecule has 1 aliphatic rings. The lowest BCUT2D eigenvalue weighted by Crippen LogP contribution is -2.48. The average molecular weight is 288 g/mol. The maximum absolute atomic E-state index is 12.7. The minimum absolute atomic E-state index is 0.171. The van der Waals surface area contributed by atoms with E-state index in [1.807, 2.05) is 0 Å². The summed E-state index contributed by atoms with van der Waals surface area (Å²) < 4.78 is 4.80. The van der Waals surface area contributed by atoms with Crippen LogP contribution in [0.3, 0.4) is 0 Å². The van der Waals surface area contributed by atoms with Crippen molar-refractivity contribution in [1.82, 2.24) is 20.3 Å². The van der Waals surface area contributed by atoms with Gasteiger partial charge in [0, 0.05) is 12.1 Å². The summed E-state index contributed by atoms with van der Waals surface area (Å²) in [6.45, 7) is 0.565. The maximum Gasteiger partial charge on any atom is 0.328 e. The van der Waals surface area contributed by atoms with Gasteiger partial charge in [0.1, 0.15) is 17.1 Å². The first-order valence-corrected chi connectivity index (χ1v) is 6.90. The number of esters is 1. The SMILES string of the molecule is COC(=O)[C@H]1CCCCN1C(=O)c1ccc2n[nH]nc2c1. The van der Waals surface area contributed by atoms with Gasteiger partial charge in [-0.3, -0.25) is 4.79 Å². The summed E-state index contributed by atoms with van der Waals surface area (Å²) in [5, 5.41) is 10.5. The summed E-state index contributed by atoms with van der Waals surface area (Å²) in [4.78, 5) is 26.1. The van der Waals surface area contributed by atoms with Crippen molar-refractivity contribution in [3.05, 3.63) is 23.8 Å². The first-order chi connectivity index (χ1) is 10.2. The Kier molecular flexibility index (Phi) is 3.55. The fourth-order valence-electron chi connectivity index (χ4n) is 2.69. The summed E-state index contributed by atoms with van der Waals surface area (Å²) in [6.07, 6.45) is 2.46. The molecule has 2 heterocycles. The van der Waals surface area contributed by atoms with Crippen molar-refractivity contribution in [2.45, 2.75) is 25.3 Å². The third kappa shape index (κ3) is 2.46. The number of hydrogen-bond donors (Lipinski definition) is 1. The van der Waals surface area contributed by atoms with Crippen LogP contribution in [0.5, 0.6) is 0 Å². The molecule has 7 heteroatoms. The summed E-state index contributed by atoms with van der Waals surface area (Å²) in [5.74, 6) is -0.527. The molecule has 1 fully saturated rings. The lowest BCUT2D eigenvalue weighted by atomic mass is 10.0. The van der Waals surface area contributed by atoms with Crippen LogP contribution >= 0.6 is 0 Å². The molecule has 1 N–H and O–H groups in total. The molecule has 1 aromatic carbocycles. The van der Waals surface area contributed by atoms with E-state index in [-0.39, 0.29) is 11.9 Å². The van der Waals surface area contributed by atoms with Crippen molar-refractivity contribution in [1.29, 1.82) is 0 Å². The molecule has 1 aromatic heterocycles. The van der Waals surface area contributed by atoms with Crippen LogP contribution < -0.4 is 0 Å². The van der Waals surface area contributed by atoms with Crippen molar-refractivity contribution in [2.75, 3.05) is 13.7 Å². The van der Waals surface area contributed by atoms with Gasteiger partial charge in [-0.05, 0) is 37.5 Å². The van der Waals surface area contributed by atoms with Gasteiger partial charge in [-0.1, -0.05) is 0 Å². The molecule has 0 unspecified atom stereocenters. The average Bonchev–Trinajstić information content (AvgIpc) is 3.01. The Hall–Kier alpha value is -2.44. The van der Waals surface area contributed by atoms with Gasteiger partial charge in [0.05, 0.1) is 7.11 Å². The van der Waals surface area contributed by atoms with E-state index in [9.17, 15) is 9.59 Å². The largest absolute Gasteiger partial charge is 0.467 e. The molecule has 1 atom stereocenters. The number of ether oxygens (including phenoxy) is 1. The van der Waals surface area contributed by atoms with Crippen LogP contribution in [0, 0.1) is 0 Å². The minimum Gasteiger partial charge on any atom is -0.467 e. The molecule has 0 bridgehead atoms. The minimum atomic E-state index is -0.496. The summed E-state index contributed by atoms with van der Waals surface area (Å²) >= 11 is 0. The van der Waals surface area contributed by atoms with E-state index in [2.05, 4.69) is 15.4 Å². The van der Waals surface area contributed by atoms with Crippen LogP contribution in [0.1, 0.15) is 29.6 Å². The fraction of sp³-hybridized carbons (Fsp3) is 0.429. The monoisotopic (exact) mass is 288 g/mol. The summed E-state index contributed by atoms with van der Waals surface area (Å²) in [5.41, 5.74) is 1.84. The number of aromatic nitrogens is 3. The van der Waals surface area contributed by atoms with Crippen molar-refractivity contribution in [3.63, 3.8) is 0 Å². The molecule has 21 heavy (non-hydrogen) atoms. The Balaban J connectivity index is 1.89. The summed E-state index contributed by atoms with van der Waals surface area (Å²) in [7, 11) is 1.35. The predicted molar refractivity (Wildman–Crippen MR) is 74.6 cm³/mol. The summed E-state index contributed by atoms with van der Waals surface area (Å²) in [6, 6.07) is 4.63. The standard InChI is InChI=1S/C14H16N4O3/c1-21-14(20)12-4-2-3-7-18(12)13(19)9-5-6-10-11(8-9)16-17-15-10/h5-6,8,12H,2-4,7H2,1H3,(H,15,16,17)/t12-/m1/s1. The smallest absolute Gasteiger partial charge is 0.328 e. The van der Waals surface area contributed by atoms with Crippen molar-refractivity contribution in [2.24, 2.45) is 0 Å². The van der Waals surface area contributed by atoms with Gasteiger partial charge in [-0.25, -0.2) is 4.79 Å². The van der Waals surface area contributed by atoms with Crippen LogP contribution in [0.15, 0.2) is 18.2 Å². The Morgan fingerprint density at radius 3 is 2.90 bits per heavy atom. The fourth-order valence-corrected chi connectivity index (χ4v) is 2.69. The van der Waals surface area contributed by atoms with Crippen LogP contribution in [0.4, 0.5) is 0 Å². The molecular formula is C14H16N4O3. The second-order valence-electron chi connectivity index (χ2n) is 5.06. The van der Waals surface area contributed by atoms with Gasteiger partial charge in [0.25, 0.3) is 5.91 Å². The van der Waals surface area contributed by atoms with Gasteiger partial charge >= 0.3 is 5.97 Å². The predicted octanol–water partition coefficient (Wildman–Crippen LogP) is 1.13. The number of methoxy groups -OCH3 is 1. The van der Waals surface area contributed by atoms with E-state index in [4.69, 9.17) is 4.74 Å². The number of carbonyl (C=O) groups is 2. The zero-order valence-electron chi connectivity index (χ0n) is 11.7. The van der Waals surface area contributed by atoms with Crippen LogP contribution in [-0.2, 0) is 9.53 Å². The van der Waals surface area contributed by atoms with Crippen LogP contribution in [-0.4, -0.2) is 51.9 Å². The van der Waals surface area contributed by atoms with E-state index in [1.165, 1.54) is 7.11 Å². The van der Waals surface area contributed by atoms with Gasteiger partial charge in [-0.15, -0.1) is 0 Å². The van der Waals surface area contributed by atoms with Gasteiger partial charge < -0.3 is 9.64 Å². The quantitative estimate of drug-likeness (QED) is 0.837. The highest BCUT2D eigenvalue weighted by atomic mass is 16.5. The molecule has 1 amide bonds. The highest BCUT2D eigenvalue weighted by Gasteiger charge is 2.33. The third-order valence-electron chi connectivity index (χ3n) is 3.80. The van der Waals surface area contributed by atoms with Gasteiger partial charge in [0.2, 0.25) is 0 Å². The number of nitrogens with zero attached hydrogens (tertiary/aromatic N) is 3. The number of rotatable bonds is 2. The first kappa shape index (κ1) is 13.5. The number of H-pyrrole nitrogens is 1. The number of nitrogens with one attached hydrogen (secondary N) is 1. The molecule has 0 radical (unpaired) electrons. The topological polar surface area (TPSA) is 88.2 Å². The van der Waals surface area contributed by atoms with E-state index in [0.717, 1.165) is 12.8 Å². The molecule has 7 nitrogen and oxygen atoms in total. The number of carbonyl (C=O) groups excluding carboxylic acids is 2. The zero-order chi connectivity index (χ0) is 14.8. The lowest BCUT2D eigenvalue weighted by Gasteiger charge is -2.33. The molecule has 0 saturated carbocycles. The number of likely N-dealkylation sites (tertiary alicyclic amines) is 1. The molecule has 110 valence electrons. The van der Waals surface area contributed by atoms with E-state index in [0.29, 0.717) is 29.6 Å². The molecule has 0 spiro atoms. The van der Waals surface area contributed by atoms with E-state index >= 15 is 0 Å². The number of amides is 1. The van der Waals surface area contributed by atoms with Gasteiger partial charge in [-0.2, -0.15) is 15.4 Å². The zero-order valence-corrected chi connectivity index (χ0v) is 11.7. The first-order valence-electron chi connectivity index (χ1n) is 6.90.